The van der Waals surface area contributed by atoms with Gasteiger partial charge < -0.3 is 11.1 Å². The van der Waals surface area contributed by atoms with Crippen LogP contribution in [0.4, 0.5) is 5.69 Å². The highest BCUT2D eigenvalue weighted by Crippen LogP contribution is 2.23. The zero-order valence-electron chi connectivity index (χ0n) is 14.2. The Morgan fingerprint density at radius 1 is 1.23 bits per heavy atom. The molecule has 0 saturated carbocycles. The molecule has 0 amide bonds. The summed E-state index contributed by atoms with van der Waals surface area (Å²) in [5.74, 6) is 0. The minimum Gasteiger partial charge on any atom is -0.402 e. The molecule has 22 heavy (non-hydrogen) atoms. The summed E-state index contributed by atoms with van der Waals surface area (Å²) >= 11 is 0. The first kappa shape index (κ1) is 18.2. The van der Waals surface area contributed by atoms with Gasteiger partial charge in [0.05, 0.1) is 7.85 Å². The molecule has 1 unspecified atom stereocenters. The van der Waals surface area contributed by atoms with Gasteiger partial charge in [0.2, 0.25) is 0 Å². The minimum absolute atomic E-state index is 0.163. The van der Waals surface area contributed by atoms with Crippen LogP contribution in [-0.4, -0.2) is 13.9 Å². The Bertz CT molecular complexity index is 581. The molecule has 116 valence electrons. The van der Waals surface area contributed by atoms with Crippen LogP contribution in [0.15, 0.2) is 48.2 Å². The average molecular weight is 294 g/mol. The van der Waals surface area contributed by atoms with E-state index in [-0.39, 0.29) is 6.04 Å². The van der Waals surface area contributed by atoms with Crippen LogP contribution >= 0.6 is 0 Å². The molecule has 1 rings (SSSR count). The predicted octanol–water partition coefficient (Wildman–Crippen LogP) is 4.34. The fraction of sp³-hybridized carbons (Fsp3) is 0.368. The second kappa shape index (κ2) is 8.52. The number of hydrogen-bond donors (Lipinski definition) is 2. The molecule has 1 atom stereocenters. The lowest BCUT2D eigenvalue weighted by Gasteiger charge is -2.21. The maximum absolute atomic E-state index is 5.93. The van der Waals surface area contributed by atoms with Crippen LogP contribution in [0.1, 0.15) is 30.0 Å². The van der Waals surface area contributed by atoms with Crippen molar-refractivity contribution in [1.29, 1.82) is 0 Å². The van der Waals surface area contributed by atoms with Crippen LogP contribution in [-0.2, 0) is 0 Å². The Labute approximate surface area is 136 Å². The van der Waals surface area contributed by atoms with Crippen LogP contribution in [0.3, 0.4) is 0 Å². The van der Waals surface area contributed by atoms with Gasteiger partial charge in [-0.3, -0.25) is 0 Å². The summed E-state index contributed by atoms with van der Waals surface area (Å²) in [6.45, 7) is 12.1. The van der Waals surface area contributed by atoms with E-state index in [1.165, 1.54) is 16.7 Å². The number of hydrogen-bond acceptors (Lipinski definition) is 2. The smallest absolute Gasteiger partial charge is 0.0680 e. The average Bonchev–Trinajstić information content (AvgIpc) is 2.47. The molecule has 2 radical (unpaired) electrons. The molecule has 2 nitrogen and oxygen atoms in total. The van der Waals surface area contributed by atoms with Crippen LogP contribution in [0.2, 0.25) is 6.32 Å². The molecule has 3 heteroatoms. The lowest BCUT2D eigenvalue weighted by Crippen LogP contribution is -2.20. The lowest BCUT2D eigenvalue weighted by atomic mass is 9.91. The Kier molecular flexibility index (Phi) is 7.03. The van der Waals surface area contributed by atoms with E-state index in [4.69, 9.17) is 13.6 Å². The Balaban J connectivity index is 2.89. The van der Waals surface area contributed by atoms with Crippen molar-refractivity contribution in [3.8, 4) is 0 Å². The number of nitrogens with one attached hydrogen (secondary N) is 1. The van der Waals surface area contributed by atoms with E-state index >= 15 is 0 Å². The predicted molar refractivity (Wildman–Crippen MR) is 99.5 cm³/mol. The summed E-state index contributed by atoms with van der Waals surface area (Å²) in [7, 11) is 5.93. The summed E-state index contributed by atoms with van der Waals surface area (Å²) in [5.41, 5.74) is 12.5. The molecule has 0 spiro atoms. The third kappa shape index (κ3) is 5.47. The fourth-order valence-electron chi connectivity index (χ4n) is 2.27. The van der Waals surface area contributed by atoms with Crippen molar-refractivity contribution in [2.24, 2.45) is 5.73 Å². The van der Waals surface area contributed by atoms with Gasteiger partial charge in [-0.2, -0.15) is 0 Å². The first-order chi connectivity index (χ1) is 10.4. The van der Waals surface area contributed by atoms with Crippen molar-refractivity contribution in [3.05, 3.63) is 64.9 Å². The second-order valence-corrected chi connectivity index (χ2v) is 5.89. The van der Waals surface area contributed by atoms with Crippen molar-refractivity contribution >= 4 is 13.5 Å². The molecule has 0 aliphatic rings. The minimum atomic E-state index is 0.163. The normalized spacial score (nSPS) is 13.8. The van der Waals surface area contributed by atoms with E-state index in [0.29, 0.717) is 6.32 Å². The largest absolute Gasteiger partial charge is 0.402 e. The van der Waals surface area contributed by atoms with Crippen molar-refractivity contribution < 1.29 is 0 Å². The number of anilines is 1. The molecule has 0 aliphatic carbocycles. The molecule has 0 aliphatic heterocycles. The van der Waals surface area contributed by atoms with Crippen molar-refractivity contribution in [2.45, 2.75) is 46.5 Å². The Hall–Kier alpha value is -1.90. The van der Waals surface area contributed by atoms with Gasteiger partial charge in [0.1, 0.15) is 0 Å². The SMILES string of the molecule is [B]CC(C/C(C=C)=C/C=C(/C)N)Nc1cc(C)c(C)cc1C. The highest BCUT2D eigenvalue weighted by molar-refractivity contribution is 6.09. The van der Waals surface area contributed by atoms with Gasteiger partial charge in [-0.1, -0.05) is 31.1 Å². The first-order valence-electron chi connectivity index (χ1n) is 7.67. The van der Waals surface area contributed by atoms with Gasteiger partial charge >= 0.3 is 0 Å². The molecule has 0 saturated heterocycles. The summed E-state index contributed by atoms with van der Waals surface area (Å²) in [5, 5.41) is 3.55. The molecule has 0 aromatic heterocycles. The summed E-state index contributed by atoms with van der Waals surface area (Å²) < 4.78 is 0. The first-order valence-corrected chi connectivity index (χ1v) is 7.67. The zero-order chi connectivity index (χ0) is 16.7. The fourth-order valence-corrected chi connectivity index (χ4v) is 2.27. The van der Waals surface area contributed by atoms with Crippen molar-refractivity contribution in [1.82, 2.24) is 0 Å². The molecular formula is C19H27BN2. The quantitative estimate of drug-likeness (QED) is 0.580. The summed E-state index contributed by atoms with van der Waals surface area (Å²) in [6.07, 6.45) is 7.13. The van der Waals surface area contributed by atoms with Gasteiger partial charge in [0, 0.05) is 17.4 Å². The highest BCUT2D eigenvalue weighted by Gasteiger charge is 2.10. The van der Waals surface area contributed by atoms with Crippen molar-refractivity contribution in [2.75, 3.05) is 5.32 Å². The standard InChI is InChI=1S/C19H27BN2/c1-6-17(8-7-16(5)21)11-18(12-20)22-19-10-14(3)13(2)9-15(19)4/h6-10,18,22H,1,11-12,21H2,2-5H3/b16-7-,17-8+. The van der Waals surface area contributed by atoms with Crippen LogP contribution in [0.25, 0.3) is 0 Å². The molecule has 3 N–H and O–H groups in total. The third-order valence-corrected chi connectivity index (χ3v) is 3.79. The van der Waals surface area contributed by atoms with Gasteiger partial charge in [0.25, 0.3) is 0 Å². The second-order valence-electron chi connectivity index (χ2n) is 5.89. The number of nitrogens with two attached hydrogens (primary N) is 1. The molecular weight excluding hydrogens is 267 g/mol. The molecule has 0 bridgehead atoms. The van der Waals surface area contributed by atoms with Crippen molar-refractivity contribution in [3.63, 3.8) is 0 Å². The van der Waals surface area contributed by atoms with E-state index in [1.807, 2.05) is 25.2 Å². The van der Waals surface area contributed by atoms with Crippen LogP contribution in [0, 0.1) is 20.8 Å². The highest BCUT2D eigenvalue weighted by atomic mass is 14.9. The molecule has 0 heterocycles. The number of rotatable bonds is 7. The summed E-state index contributed by atoms with van der Waals surface area (Å²) in [4.78, 5) is 0. The number of benzene rings is 1. The number of allylic oxidation sites excluding steroid dienone is 4. The van der Waals surface area contributed by atoms with Gasteiger partial charge in [0.15, 0.2) is 0 Å². The van der Waals surface area contributed by atoms with E-state index in [0.717, 1.165) is 23.4 Å². The Morgan fingerprint density at radius 2 is 1.86 bits per heavy atom. The molecule has 0 fully saturated rings. The maximum Gasteiger partial charge on any atom is 0.0680 e. The molecule has 1 aromatic carbocycles. The Morgan fingerprint density at radius 3 is 2.41 bits per heavy atom. The number of aryl methyl sites for hydroxylation is 3. The van der Waals surface area contributed by atoms with Crippen LogP contribution < -0.4 is 11.1 Å². The van der Waals surface area contributed by atoms with Crippen LogP contribution in [0.5, 0.6) is 0 Å². The topological polar surface area (TPSA) is 38.0 Å². The lowest BCUT2D eigenvalue weighted by molar-refractivity contribution is 0.790. The summed E-state index contributed by atoms with van der Waals surface area (Å²) in [6, 6.07) is 4.56. The van der Waals surface area contributed by atoms with Gasteiger partial charge in [-0.15, -0.1) is 0 Å². The van der Waals surface area contributed by atoms with Gasteiger partial charge in [-0.25, -0.2) is 0 Å². The maximum atomic E-state index is 5.93. The van der Waals surface area contributed by atoms with E-state index in [1.54, 1.807) is 0 Å². The van der Waals surface area contributed by atoms with E-state index in [2.05, 4.69) is 44.8 Å². The van der Waals surface area contributed by atoms with Gasteiger partial charge in [-0.05, 0) is 68.5 Å². The van der Waals surface area contributed by atoms with E-state index < -0.39 is 0 Å². The molecule has 1 aromatic rings. The monoisotopic (exact) mass is 294 g/mol. The zero-order valence-corrected chi connectivity index (χ0v) is 14.2. The third-order valence-electron chi connectivity index (χ3n) is 3.79. The van der Waals surface area contributed by atoms with E-state index in [9.17, 15) is 0 Å².